The van der Waals surface area contributed by atoms with Crippen LogP contribution in [0.15, 0.2) is 36.0 Å². The van der Waals surface area contributed by atoms with Gasteiger partial charge in [0.2, 0.25) is 5.91 Å². The molecule has 0 aromatic heterocycles. The summed E-state index contributed by atoms with van der Waals surface area (Å²) in [6, 6.07) is 6.23. The van der Waals surface area contributed by atoms with Crippen molar-refractivity contribution in [3.63, 3.8) is 0 Å². The maximum Gasteiger partial charge on any atom is 0.305 e. The molecule has 168 valence electrons. The first-order chi connectivity index (χ1) is 14.4. The molecular formula is C26H34ClNO3. The first-order valence-corrected chi connectivity index (χ1v) is 11.5. The minimum Gasteiger partial charge on any atom is -0.481 e. The molecule has 1 aromatic rings. The molecule has 2 aliphatic rings. The molecule has 1 unspecified atom stereocenters. The fourth-order valence-corrected chi connectivity index (χ4v) is 5.09. The van der Waals surface area contributed by atoms with Crippen molar-refractivity contribution in [3.05, 3.63) is 52.2 Å². The molecule has 0 fully saturated rings. The maximum atomic E-state index is 12.9. The van der Waals surface area contributed by atoms with Gasteiger partial charge >= 0.3 is 5.97 Å². The highest BCUT2D eigenvalue weighted by molar-refractivity contribution is 6.32. The van der Waals surface area contributed by atoms with E-state index in [2.05, 4.69) is 52.8 Å². The van der Waals surface area contributed by atoms with Crippen molar-refractivity contribution in [2.45, 2.75) is 72.1 Å². The average molecular weight is 444 g/mol. The molecule has 5 heteroatoms. The molecule has 1 N–H and O–H groups in total. The maximum absolute atomic E-state index is 12.9. The van der Waals surface area contributed by atoms with Crippen molar-refractivity contribution in [2.24, 2.45) is 11.3 Å². The Morgan fingerprint density at radius 1 is 1.26 bits per heavy atom. The van der Waals surface area contributed by atoms with E-state index in [0.717, 1.165) is 41.0 Å². The zero-order valence-corrected chi connectivity index (χ0v) is 20.1. The summed E-state index contributed by atoms with van der Waals surface area (Å²) < 4.78 is 0. The lowest BCUT2D eigenvalue weighted by molar-refractivity contribution is -0.138. The number of halogens is 1. The van der Waals surface area contributed by atoms with Gasteiger partial charge in [-0.3, -0.25) is 9.59 Å². The van der Waals surface area contributed by atoms with Crippen LogP contribution in [0.1, 0.15) is 77.8 Å². The fourth-order valence-electron chi connectivity index (χ4n) is 4.79. The highest BCUT2D eigenvalue weighted by Crippen LogP contribution is 2.45. The van der Waals surface area contributed by atoms with Crippen molar-refractivity contribution in [2.75, 3.05) is 6.54 Å². The Labute approximate surface area is 191 Å². The lowest BCUT2D eigenvalue weighted by Gasteiger charge is -2.41. The van der Waals surface area contributed by atoms with Crippen molar-refractivity contribution in [1.29, 1.82) is 0 Å². The van der Waals surface area contributed by atoms with E-state index in [4.69, 9.17) is 16.7 Å². The first-order valence-electron chi connectivity index (χ1n) is 11.2. The van der Waals surface area contributed by atoms with E-state index in [9.17, 15) is 9.59 Å². The zero-order valence-electron chi connectivity index (χ0n) is 19.3. The lowest BCUT2D eigenvalue weighted by atomic mass is 9.68. The Balaban J connectivity index is 1.94. The Morgan fingerprint density at radius 2 is 1.97 bits per heavy atom. The SMILES string of the molecule is CC(C)C1=CN(CCC(=O)O)C(=O)CC1(C)c1ccc(C2=CCC(C)(C)CC2)c(Cl)c1. The van der Waals surface area contributed by atoms with E-state index >= 15 is 0 Å². The van der Waals surface area contributed by atoms with E-state index in [1.165, 1.54) is 5.57 Å². The first kappa shape index (κ1) is 23.6. The third-order valence-corrected chi connectivity index (χ3v) is 7.18. The number of hydrogen-bond acceptors (Lipinski definition) is 2. The van der Waals surface area contributed by atoms with Gasteiger partial charge in [0.1, 0.15) is 0 Å². The monoisotopic (exact) mass is 443 g/mol. The second-order valence-electron chi connectivity index (χ2n) is 10.3. The van der Waals surface area contributed by atoms with Crippen LogP contribution in [0.3, 0.4) is 0 Å². The van der Waals surface area contributed by atoms with Crippen molar-refractivity contribution >= 4 is 29.1 Å². The van der Waals surface area contributed by atoms with E-state index in [1.54, 1.807) is 4.90 Å². The summed E-state index contributed by atoms with van der Waals surface area (Å²) in [5.74, 6) is -0.735. The molecule has 0 radical (unpaired) electrons. The molecule has 1 aliphatic heterocycles. The van der Waals surface area contributed by atoms with Crippen LogP contribution in [0, 0.1) is 11.3 Å². The Kier molecular flexibility index (Phi) is 6.71. The minimum atomic E-state index is -0.900. The van der Waals surface area contributed by atoms with Crippen molar-refractivity contribution in [1.82, 2.24) is 4.90 Å². The number of aliphatic carboxylic acids is 1. The van der Waals surface area contributed by atoms with Gasteiger partial charge in [-0.25, -0.2) is 0 Å². The number of carboxylic acid groups (broad SMARTS) is 1. The van der Waals surface area contributed by atoms with Gasteiger partial charge in [-0.05, 0) is 58.9 Å². The Bertz CT molecular complexity index is 944. The van der Waals surface area contributed by atoms with Gasteiger partial charge in [-0.1, -0.05) is 64.4 Å². The van der Waals surface area contributed by atoms with Crippen LogP contribution in [0.25, 0.3) is 5.57 Å². The van der Waals surface area contributed by atoms with Crippen molar-refractivity contribution in [3.8, 4) is 0 Å². The quantitative estimate of drug-likeness (QED) is 0.550. The number of nitrogens with zero attached hydrogens (tertiary/aromatic N) is 1. The van der Waals surface area contributed by atoms with Gasteiger partial charge in [-0.2, -0.15) is 0 Å². The van der Waals surface area contributed by atoms with E-state index < -0.39 is 11.4 Å². The predicted octanol–water partition coefficient (Wildman–Crippen LogP) is 6.44. The molecular weight excluding hydrogens is 410 g/mol. The second-order valence-corrected chi connectivity index (χ2v) is 10.7. The van der Waals surface area contributed by atoms with E-state index in [-0.39, 0.29) is 24.8 Å². The van der Waals surface area contributed by atoms with Crippen molar-refractivity contribution < 1.29 is 14.7 Å². The standard InChI is InChI=1S/C26H34ClNO3/c1-17(2)21-16-28(13-10-24(30)31)23(29)15-26(21,5)19-6-7-20(22(27)14-19)18-8-11-25(3,4)12-9-18/h6-8,14,16-17H,9-13,15H2,1-5H3,(H,30,31). The van der Waals surface area contributed by atoms with E-state index in [0.29, 0.717) is 11.8 Å². The van der Waals surface area contributed by atoms with Gasteiger partial charge in [0, 0.05) is 29.6 Å². The molecule has 4 nitrogen and oxygen atoms in total. The number of carbonyl (C=O) groups is 2. The Morgan fingerprint density at radius 3 is 2.52 bits per heavy atom. The van der Waals surface area contributed by atoms with Crippen LogP contribution >= 0.6 is 11.6 Å². The summed E-state index contributed by atoms with van der Waals surface area (Å²) in [5.41, 5.74) is 4.43. The number of hydrogen-bond donors (Lipinski definition) is 1. The molecule has 31 heavy (non-hydrogen) atoms. The lowest BCUT2D eigenvalue weighted by Crippen LogP contribution is -2.42. The number of carbonyl (C=O) groups excluding carboxylic acids is 1. The number of rotatable bonds is 6. The summed E-state index contributed by atoms with van der Waals surface area (Å²) in [4.78, 5) is 25.4. The number of amides is 1. The summed E-state index contributed by atoms with van der Waals surface area (Å²) in [7, 11) is 0. The molecule has 1 amide bonds. The van der Waals surface area contributed by atoms with Gasteiger partial charge in [0.25, 0.3) is 0 Å². The largest absolute Gasteiger partial charge is 0.481 e. The highest BCUT2D eigenvalue weighted by Gasteiger charge is 2.40. The number of allylic oxidation sites excluding steroid dienone is 3. The summed E-state index contributed by atoms with van der Waals surface area (Å²) in [6.45, 7) is 11.1. The minimum absolute atomic E-state index is 0.0504. The topological polar surface area (TPSA) is 57.6 Å². The van der Waals surface area contributed by atoms with Crippen LogP contribution in [-0.2, 0) is 15.0 Å². The van der Waals surface area contributed by atoms with Crippen LogP contribution < -0.4 is 0 Å². The van der Waals surface area contributed by atoms with Gasteiger partial charge < -0.3 is 10.0 Å². The predicted molar refractivity (Wildman–Crippen MR) is 126 cm³/mol. The Hall–Kier alpha value is -2.07. The van der Waals surface area contributed by atoms with Crippen LogP contribution in [-0.4, -0.2) is 28.4 Å². The third kappa shape index (κ3) is 5.06. The summed E-state index contributed by atoms with van der Waals surface area (Å²) in [6.07, 6.45) is 7.66. The van der Waals surface area contributed by atoms with Crippen LogP contribution in [0.4, 0.5) is 0 Å². The molecule has 1 aromatic carbocycles. The van der Waals surface area contributed by atoms with E-state index in [1.807, 2.05) is 12.3 Å². The summed E-state index contributed by atoms with van der Waals surface area (Å²) >= 11 is 6.77. The molecule has 0 saturated carbocycles. The normalized spacial score (nSPS) is 23.6. The third-order valence-electron chi connectivity index (χ3n) is 6.87. The van der Waals surface area contributed by atoms with Crippen LogP contribution in [0.2, 0.25) is 5.02 Å². The smallest absolute Gasteiger partial charge is 0.305 e. The molecule has 1 atom stereocenters. The molecule has 1 heterocycles. The van der Waals surface area contributed by atoms with Gasteiger partial charge in [-0.15, -0.1) is 0 Å². The summed E-state index contributed by atoms with van der Waals surface area (Å²) in [5, 5.41) is 9.73. The van der Waals surface area contributed by atoms with Crippen LogP contribution in [0.5, 0.6) is 0 Å². The molecule has 0 bridgehead atoms. The zero-order chi connectivity index (χ0) is 23.0. The number of carboxylic acids is 1. The fraction of sp³-hybridized carbons (Fsp3) is 0.538. The molecule has 1 aliphatic carbocycles. The number of benzene rings is 1. The molecule has 0 spiro atoms. The second kappa shape index (κ2) is 8.82. The highest BCUT2D eigenvalue weighted by atomic mass is 35.5. The molecule has 0 saturated heterocycles. The van der Waals surface area contributed by atoms with Gasteiger partial charge in [0.15, 0.2) is 0 Å². The molecule has 3 rings (SSSR count). The van der Waals surface area contributed by atoms with Gasteiger partial charge in [0.05, 0.1) is 6.42 Å². The average Bonchev–Trinajstić information content (AvgIpc) is 2.67.